The fourth-order valence-corrected chi connectivity index (χ4v) is 183. The predicted molar refractivity (Wildman–Crippen MR) is 347 cm³/mol. The molecule has 0 fully saturated rings. The molecule has 0 atom stereocenters. The van der Waals surface area contributed by atoms with Crippen molar-refractivity contribution in [2.24, 2.45) is 0 Å². The third-order valence-electron chi connectivity index (χ3n) is 15.7. The molecule has 388 valence electrons. The molecular formula is C72H64OP4Pd. The Morgan fingerprint density at radius 2 is 0.218 bits per heavy atom. The molecule has 0 aromatic heterocycles. The van der Waals surface area contributed by atoms with Crippen molar-refractivity contribution in [2.45, 2.75) is 0 Å². The number of benzene rings is 12. The zero-order valence-electron chi connectivity index (χ0n) is 43.4. The molecule has 0 unspecified atom stereocenters. The summed E-state index contributed by atoms with van der Waals surface area (Å²) in [5.41, 5.74) is -18.4. The molecule has 12 rings (SSSR count). The van der Waals surface area contributed by atoms with Crippen LogP contribution < -0.4 is 63.7 Å². The maximum absolute atomic E-state index is 24.8. The molecule has 0 heterocycles. The molecule has 12 aromatic carbocycles. The molecule has 78 heavy (non-hydrogen) atoms. The van der Waals surface area contributed by atoms with Crippen LogP contribution in [0.25, 0.3) is 0 Å². The summed E-state index contributed by atoms with van der Waals surface area (Å²) in [6.45, 7) is 0. The van der Waals surface area contributed by atoms with Crippen molar-refractivity contribution in [3.8, 4) is 0 Å². The molecule has 12 aromatic rings. The van der Waals surface area contributed by atoms with Crippen LogP contribution in [0.15, 0.2) is 364 Å². The van der Waals surface area contributed by atoms with Crippen LogP contribution in [-0.2, 0) is 15.8 Å². The summed E-state index contributed by atoms with van der Waals surface area (Å²) >= 11 is -6.94. The van der Waals surface area contributed by atoms with E-state index in [1.807, 2.05) is 0 Å². The van der Waals surface area contributed by atoms with Crippen molar-refractivity contribution < 1.29 is 15.8 Å². The Kier molecular flexibility index (Phi) is 14.5. The summed E-state index contributed by atoms with van der Waals surface area (Å²) in [4.78, 5) is 0. The summed E-state index contributed by atoms with van der Waals surface area (Å²) in [7, 11) is 0. The van der Waals surface area contributed by atoms with Crippen molar-refractivity contribution in [1.29, 1.82) is 0 Å². The second-order valence-corrected chi connectivity index (χ2v) is 74.5. The topological polar surface area (TPSA) is 17.1 Å². The fraction of sp³-hybridized carbons (Fsp3) is 0. The second-order valence-electron chi connectivity index (χ2n) is 19.6. The molecule has 0 amide bonds. The van der Waals surface area contributed by atoms with Gasteiger partial charge in [-0.25, -0.2) is 0 Å². The Bertz CT molecular complexity index is 3010. The number of rotatable bonds is 16. The summed E-state index contributed by atoms with van der Waals surface area (Å²) in [5, 5.41) is 13.6. The zero-order valence-corrected chi connectivity index (χ0v) is 48.9. The molecule has 0 aliphatic carbocycles. The van der Waals surface area contributed by atoms with E-state index in [2.05, 4.69) is 364 Å². The first-order valence-corrected chi connectivity index (χ1v) is 43.9. The van der Waals surface area contributed by atoms with Gasteiger partial charge in [0.1, 0.15) is 0 Å². The Labute approximate surface area is 461 Å². The molecule has 0 saturated carbocycles. The van der Waals surface area contributed by atoms with E-state index >= 15 is 3.47 Å². The molecule has 0 saturated heterocycles. The van der Waals surface area contributed by atoms with Crippen molar-refractivity contribution in [2.75, 3.05) is 0 Å². The van der Waals surface area contributed by atoms with Crippen LogP contribution in [0.3, 0.4) is 0 Å². The Morgan fingerprint density at radius 1 is 0.141 bits per heavy atom. The van der Waals surface area contributed by atoms with E-state index in [4.69, 9.17) is 0 Å². The van der Waals surface area contributed by atoms with Gasteiger partial charge in [-0.3, -0.25) is 0 Å². The summed E-state index contributed by atoms with van der Waals surface area (Å²) < 4.78 is 24.8. The predicted octanol–water partition coefficient (Wildman–Crippen LogP) is 12.6. The quantitative estimate of drug-likeness (QED) is 0.0696. The van der Waals surface area contributed by atoms with Crippen molar-refractivity contribution in [3.05, 3.63) is 364 Å². The summed E-state index contributed by atoms with van der Waals surface area (Å²) in [6, 6.07) is 137. The van der Waals surface area contributed by atoms with E-state index in [0.29, 0.717) is 0 Å². The average molecular weight is 1180 g/mol. The normalized spacial score (nSPS) is 13.5. The van der Waals surface area contributed by atoms with Crippen LogP contribution in [0.5, 0.6) is 0 Å². The van der Waals surface area contributed by atoms with Gasteiger partial charge in [-0.1, -0.05) is 0 Å². The molecule has 0 radical (unpaired) electrons. The second kappa shape index (κ2) is 21.9. The van der Waals surface area contributed by atoms with E-state index in [9.17, 15) is 0 Å². The van der Waals surface area contributed by atoms with E-state index in [1.54, 1.807) is 0 Å². The van der Waals surface area contributed by atoms with Gasteiger partial charge >= 0.3 is 465 Å². The van der Waals surface area contributed by atoms with Gasteiger partial charge in [-0.2, -0.15) is 0 Å². The Balaban J connectivity index is 1.68. The monoisotopic (exact) mass is 1170 g/mol. The number of hydrogen-bond acceptors (Lipinski definition) is 1. The molecular weight excluding hydrogens is 1110 g/mol. The maximum atomic E-state index is 24.8. The molecule has 0 bridgehead atoms. The van der Waals surface area contributed by atoms with Crippen molar-refractivity contribution >= 4 is 85.5 Å². The van der Waals surface area contributed by atoms with Crippen LogP contribution in [-0.4, -0.2) is 0 Å². The summed E-state index contributed by atoms with van der Waals surface area (Å²) in [5.74, 6) is 0. The Hall–Kier alpha value is -7.18. The molecule has 0 spiro atoms. The average Bonchev–Trinajstić information content (AvgIpc) is 2.58. The van der Waals surface area contributed by atoms with Gasteiger partial charge in [-0.15, -0.1) is 0 Å². The first-order valence-electron chi connectivity index (χ1n) is 26.7. The van der Waals surface area contributed by atoms with Gasteiger partial charge < -0.3 is 0 Å². The van der Waals surface area contributed by atoms with Gasteiger partial charge in [0, 0.05) is 0 Å². The first kappa shape index (κ1) is 51.6. The van der Waals surface area contributed by atoms with Crippen LogP contribution in [0.1, 0.15) is 0 Å². The van der Waals surface area contributed by atoms with Gasteiger partial charge in [0.15, 0.2) is 0 Å². The third kappa shape index (κ3) is 7.26. The van der Waals surface area contributed by atoms with Gasteiger partial charge in [-0.05, 0) is 0 Å². The minimum atomic E-state index is -6.94. The minimum absolute atomic E-state index is 1.13. The van der Waals surface area contributed by atoms with Gasteiger partial charge in [0.2, 0.25) is 0 Å². The fourth-order valence-electron chi connectivity index (χ4n) is 13.0. The zero-order chi connectivity index (χ0) is 52.8. The number of hydrogen-bond donors (Lipinski definition) is 0. The van der Waals surface area contributed by atoms with E-state index < -0.39 is 34.1 Å². The molecule has 0 N–H and O–H groups in total. The Morgan fingerprint density at radius 3 is 0.295 bits per heavy atom. The first-order chi connectivity index (χ1) is 38.6. The van der Waals surface area contributed by atoms with Crippen molar-refractivity contribution in [3.63, 3.8) is 0 Å². The molecule has 0 aliphatic heterocycles. The van der Waals surface area contributed by atoms with Gasteiger partial charge in [0.05, 0.1) is 0 Å². The van der Waals surface area contributed by atoms with Gasteiger partial charge in [0.25, 0.3) is 0 Å². The van der Waals surface area contributed by atoms with Crippen LogP contribution in [0.4, 0.5) is 0 Å². The van der Waals surface area contributed by atoms with E-state index in [-0.39, 0.29) is 0 Å². The van der Waals surface area contributed by atoms with E-state index in [0.717, 1.165) is 63.7 Å². The van der Waals surface area contributed by atoms with Crippen molar-refractivity contribution in [1.82, 2.24) is 0 Å². The molecule has 1 nitrogen and oxygen atoms in total. The van der Waals surface area contributed by atoms with E-state index in [1.165, 1.54) is 0 Å². The standard InChI is InChI=1S/4C18H15P.O.Pd/c4*1-4-10-16(11-5-1)19(17-12-6-2-7-13-17)18-14-8-3-9-15-18;;/h4*1-15H;;/q;;;;;-4/p+4. The third-order valence-corrected chi connectivity index (χ3v) is 126. The SMILES string of the molecule is [O]=[Pd]([PH](c1ccccc1)(c1ccccc1)c1ccccc1)([PH](c1ccccc1)(c1ccccc1)c1ccccc1)([PH](c1ccccc1)(c1ccccc1)c1ccccc1)[PH](c1ccccc1)(c1ccccc1)c1ccccc1. The molecule has 0 aliphatic rings. The van der Waals surface area contributed by atoms with Crippen LogP contribution in [0.2, 0.25) is 0 Å². The van der Waals surface area contributed by atoms with Crippen LogP contribution >= 0.6 is 21.8 Å². The van der Waals surface area contributed by atoms with Crippen LogP contribution in [0, 0.1) is 0 Å². The molecule has 6 heteroatoms. The summed E-state index contributed by atoms with van der Waals surface area (Å²) in [6.07, 6.45) is 0.